The van der Waals surface area contributed by atoms with Crippen molar-refractivity contribution in [3.63, 3.8) is 0 Å². The van der Waals surface area contributed by atoms with E-state index in [0.717, 1.165) is 0 Å². The zero-order valence-corrected chi connectivity index (χ0v) is 10.6. The summed E-state index contributed by atoms with van der Waals surface area (Å²) in [7, 11) is 0. The molecule has 0 unspecified atom stereocenters. The summed E-state index contributed by atoms with van der Waals surface area (Å²) in [5, 5.41) is 21.4. The summed E-state index contributed by atoms with van der Waals surface area (Å²) in [6, 6.07) is 4.05. The van der Waals surface area contributed by atoms with E-state index in [0.29, 0.717) is 16.4 Å². The van der Waals surface area contributed by atoms with Crippen LogP contribution in [0, 0.1) is 34.0 Å². The zero-order valence-electron chi connectivity index (χ0n) is 9.78. The molecule has 5 heteroatoms. The largest absolute Gasteiger partial charge is 0.319 e. The Morgan fingerprint density at radius 3 is 2.71 bits per heavy atom. The number of hydrogen-bond acceptors (Lipinski definition) is 4. The molecule has 0 bridgehead atoms. The van der Waals surface area contributed by atoms with E-state index in [1.165, 1.54) is 11.8 Å². The number of nitriles is 2. The van der Waals surface area contributed by atoms with Crippen LogP contribution in [-0.2, 0) is 4.79 Å². The normalized spacial score (nSPS) is 22.4. The lowest BCUT2D eigenvalue weighted by molar-refractivity contribution is -0.125. The number of thioether (sulfide) groups is 1. The van der Waals surface area contributed by atoms with E-state index < -0.39 is 11.3 Å². The SMILES string of the molecule is C=CCSC1=C(C#N)C(C)(C)[C@H](C#N)C(=O)N1. The van der Waals surface area contributed by atoms with Crippen molar-refractivity contribution >= 4 is 17.7 Å². The van der Waals surface area contributed by atoms with Crippen LogP contribution in [0.1, 0.15) is 13.8 Å². The highest BCUT2D eigenvalue weighted by atomic mass is 32.2. The molecule has 0 aromatic heterocycles. The second-order valence-electron chi connectivity index (χ2n) is 4.19. The fourth-order valence-electron chi connectivity index (χ4n) is 1.68. The summed E-state index contributed by atoms with van der Waals surface area (Å²) in [6.45, 7) is 7.08. The van der Waals surface area contributed by atoms with E-state index in [9.17, 15) is 10.1 Å². The van der Waals surface area contributed by atoms with Crippen LogP contribution in [0.25, 0.3) is 0 Å². The molecule has 0 aromatic carbocycles. The van der Waals surface area contributed by atoms with Gasteiger partial charge in [-0.1, -0.05) is 19.9 Å². The highest BCUT2D eigenvalue weighted by Crippen LogP contribution is 2.41. The van der Waals surface area contributed by atoms with Crippen molar-refractivity contribution in [1.29, 1.82) is 10.5 Å². The molecule has 1 atom stereocenters. The standard InChI is InChI=1S/C12H13N3OS/c1-4-5-17-11-9(7-14)12(2,3)8(6-13)10(16)15-11/h4,8H,1,5H2,2-3H3,(H,15,16)/t8-/m1/s1. The van der Waals surface area contributed by atoms with Gasteiger partial charge >= 0.3 is 0 Å². The minimum atomic E-state index is -0.828. The minimum Gasteiger partial charge on any atom is -0.319 e. The average Bonchev–Trinajstić information content (AvgIpc) is 2.25. The van der Waals surface area contributed by atoms with Crippen molar-refractivity contribution in [3.05, 3.63) is 23.3 Å². The molecular weight excluding hydrogens is 234 g/mol. The molecule has 0 saturated heterocycles. The number of carbonyl (C=O) groups is 1. The quantitative estimate of drug-likeness (QED) is 0.773. The Labute approximate surface area is 105 Å². The average molecular weight is 247 g/mol. The first kappa shape index (κ1) is 13.3. The molecule has 0 fully saturated rings. The summed E-state index contributed by atoms with van der Waals surface area (Å²) in [5.74, 6) is -0.568. The number of nitrogens with one attached hydrogen (secondary N) is 1. The van der Waals surface area contributed by atoms with Crippen LogP contribution < -0.4 is 5.32 Å². The van der Waals surface area contributed by atoms with E-state index in [4.69, 9.17) is 5.26 Å². The second-order valence-corrected chi connectivity index (χ2v) is 5.22. The fourth-order valence-corrected chi connectivity index (χ4v) is 2.59. The van der Waals surface area contributed by atoms with E-state index >= 15 is 0 Å². The number of carbonyl (C=O) groups excluding carboxylic acids is 1. The third-order valence-electron chi connectivity index (χ3n) is 2.68. The van der Waals surface area contributed by atoms with E-state index in [-0.39, 0.29) is 5.91 Å². The van der Waals surface area contributed by atoms with Crippen LogP contribution in [0.5, 0.6) is 0 Å². The monoisotopic (exact) mass is 247 g/mol. The molecule has 1 amide bonds. The first-order valence-corrected chi connectivity index (χ1v) is 6.06. The molecule has 0 radical (unpaired) electrons. The van der Waals surface area contributed by atoms with Gasteiger partial charge in [-0.25, -0.2) is 0 Å². The lowest BCUT2D eigenvalue weighted by Crippen LogP contribution is -2.44. The van der Waals surface area contributed by atoms with Crippen molar-refractivity contribution in [1.82, 2.24) is 5.32 Å². The van der Waals surface area contributed by atoms with E-state index in [1.54, 1.807) is 19.9 Å². The lowest BCUT2D eigenvalue weighted by Gasteiger charge is -2.34. The lowest BCUT2D eigenvalue weighted by atomic mass is 9.72. The van der Waals surface area contributed by atoms with Crippen LogP contribution >= 0.6 is 11.8 Å². The second kappa shape index (κ2) is 5.07. The summed E-state index contributed by atoms with van der Waals surface area (Å²) >= 11 is 1.35. The Balaban J connectivity index is 3.23. The van der Waals surface area contributed by atoms with Gasteiger partial charge in [-0.3, -0.25) is 4.79 Å². The van der Waals surface area contributed by atoms with Crippen molar-refractivity contribution in [2.45, 2.75) is 13.8 Å². The molecule has 0 saturated carbocycles. The third-order valence-corrected chi connectivity index (χ3v) is 3.68. The van der Waals surface area contributed by atoms with Crippen LogP contribution in [-0.4, -0.2) is 11.7 Å². The number of rotatable bonds is 3. The van der Waals surface area contributed by atoms with E-state index in [1.807, 2.05) is 6.07 Å². The van der Waals surface area contributed by atoms with Gasteiger partial charge in [0.25, 0.3) is 0 Å². The Bertz CT molecular complexity index is 465. The van der Waals surface area contributed by atoms with Crippen molar-refractivity contribution < 1.29 is 4.79 Å². The first-order chi connectivity index (χ1) is 7.98. The molecule has 0 aliphatic carbocycles. The number of allylic oxidation sites excluding steroid dienone is 1. The van der Waals surface area contributed by atoms with Gasteiger partial charge in [0, 0.05) is 11.2 Å². The van der Waals surface area contributed by atoms with E-state index in [2.05, 4.69) is 18.0 Å². The Kier molecular flexibility index (Phi) is 3.98. The van der Waals surface area contributed by atoms with Crippen molar-refractivity contribution in [3.8, 4) is 12.1 Å². The Hall–Kier alpha value is -1.72. The molecule has 17 heavy (non-hydrogen) atoms. The van der Waals surface area contributed by atoms with Crippen molar-refractivity contribution in [2.24, 2.45) is 11.3 Å². The van der Waals surface area contributed by atoms with Gasteiger partial charge in [-0.15, -0.1) is 18.3 Å². The maximum atomic E-state index is 11.8. The molecule has 1 heterocycles. The molecular formula is C12H13N3OS. The molecule has 1 rings (SSSR count). The smallest absolute Gasteiger partial charge is 0.243 e. The van der Waals surface area contributed by atoms with Crippen LogP contribution in [0.3, 0.4) is 0 Å². The third kappa shape index (κ3) is 2.35. The highest BCUT2D eigenvalue weighted by molar-refractivity contribution is 8.03. The maximum Gasteiger partial charge on any atom is 0.243 e. The number of nitrogens with zero attached hydrogens (tertiary/aromatic N) is 2. The van der Waals surface area contributed by atoms with Gasteiger partial charge in [-0.2, -0.15) is 10.5 Å². The summed E-state index contributed by atoms with van der Waals surface area (Å²) in [4.78, 5) is 11.8. The fraction of sp³-hybridized carbons (Fsp3) is 0.417. The topological polar surface area (TPSA) is 76.7 Å². The van der Waals surface area contributed by atoms with Gasteiger partial charge in [0.05, 0.1) is 22.7 Å². The molecule has 0 aromatic rings. The molecule has 88 valence electrons. The first-order valence-electron chi connectivity index (χ1n) is 5.08. The summed E-state index contributed by atoms with van der Waals surface area (Å²) in [6.07, 6.45) is 1.70. The van der Waals surface area contributed by atoms with Crippen LogP contribution in [0.4, 0.5) is 0 Å². The predicted octanol–water partition coefficient (Wildman–Crippen LogP) is 1.94. The van der Waals surface area contributed by atoms with Crippen LogP contribution in [0.15, 0.2) is 23.3 Å². The maximum absolute atomic E-state index is 11.8. The Morgan fingerprint density at radius 1 is 1.59 bits per heavy atom. The molecule has 1 aliphatic heterocycles. The zero-order chi connectivity index (χ0) is 13.1. The summed E-state index contributed by atoms with van der Waals surface area (Å²) in [5.41, 5.74) is -0.300. The number of amides is 1. The molecule has 1 N–H and O–H groups in total. The predicted molar refractivity (Wildman–Crippen MR) is 66.3 cm³/mol. The van der Waals surface area contributed by atoms with Gasteiger partial charge in [0.1, 0.15) is 5.92 Å². The van der Waals surface area contributed by atoms with Crippen molar-refractivity contribution in [2.75, 3.05) is 5.75 Å². The van der Waals surface area contributed by atoms with Gasteiger partial charge < -0.3 is 5.32 Å². The summed E-state index contributed by atoms with van der Waals surface area (Å²) < 4.78 is 0. The van der Waals surface area contributed by atoms with Gasteiger partial charge in [0.2, 0.25) is 5.91 Å². The van der Waals surface area contributed by atoms with Gasteiger partial charge in [-0.05, 0) is 0 Å². The highest BCUT2D eigenvalue weighted by Gasteiger charge is 2.44. The number of hydrogen-bond donors (Lipinski definition) is 1. The molecule has 1 aliphatic rings. The van der Waals surface area contributed by atoms with Crippen LogP contribution in [0.2, 0.25) is 0 Å². The molecule has 4 nitrogen and oxygen atoms in total. The Morgan fingerprint density at radius 2 is 2.24 bits per heavy atom. The van der Waals surface area contributed by atoms with Gasteiger partial charge in [0.15, 0.2) is 0 Å². The molecule has 0 spiro atoms. The minimum absolute atomic E-state index is 0.344.